The van der Waals surface area contributed by atoms with Gasteiger partial charge in [-0.25, -0.2) is 4.98 Å². The number of aromatic nitrogens is 2. The maximum Gasteiger partial charge on any atom is 0.271 e. The standard InChI is InChI=1S/C22H26ClN5O/c1-14(2)20-12-26-21(13-25-20)22(29)27-16-5-8-17(9-6-16)28(3)18-7-4-15(11-24)19(23)10-18/h4,7,10,12-14,16-17H,5-6,8-9H2,1-3H3,(H,27,29). The molecule has 1 amide bonds. The van der Waals surface area contributed by atoms with Gasteiger partial charge in [-0.3, -0.25) is 9.78 Å². The van der Waals surface area contributed by atoms with Crippen molar-refractivity contribution in [2.24, 2.45) is 0 Å². The van der Waals surface area contributed by atoms with E-state index in [0.29, 0.717) is 22.3 Å². The number of nitriles is 1. The molecule has 0 aliphatic heterocycles. The van der Waals surface area contributed by atoms with Gasteiger partial charge in [0.1, 0.15) is 11.8 Å². The Bertz CT molecular complexity index is 898. The van der Waals surface area contributed by atoms with Crippen molar-refractivity contribution in [2.45, 2.75) is 57.5 Å². The van der Waals surface area contributed by atoms with Crippen LogP contribution in [0.5, 0.6) is 0 Å². The summed E-state index contributed by atoms with van der Waals surface area (Å²) in [6.07, 6.45) is 6.98. The Kier molecular flexibility index (Phi) is 6.71. The number of nitrogens with zero attached hydrogens (tertiary/aromatic N) is 4. The molecule has 1 saturated carbocycles. The highest BCUT2D eigenvalue weighted by atomic mass is 35.5. The van der Waals surface area contributed by atoms with Crippen LogP contribution in [0.2, 0.25) is 5.02 Å². The summed E-state index contributed by atoms with van der Waals surface area (Å²) in [5, 5.41) is 12.6. The molecule has 1 fully saturated rings. The molecule has 0 spiro atoms. The second kappa shape index (κ2) is 9.23. The van der Waals surface area contributed by atoms with Crippen LogP contribution < -0.4 is 10.2 Å². The van der Waals surface area contributed by atoms with E-state index in [-0.39, 0.29) is 17.9 Å². The molecule has 1 aromatic heterocycles. The van der Waals surface area contributed by atoms with E-state index in [1.807, 2.05) is 33.0 Å². The number of anilines is 1. The van der Waals surface area contributed by atoms with Crippen molar-refractivity contribution in [3.8, 4) is 6.07 Å². The molecule has 1 aliphatic rings. The van der Waals surface area contributed by atoms with Crippen LogP contribution in [0.4, 0.5) is 5.69 Å². The monoisotopic (exact) mass is 411 g/mol. The number of carbonyl (C=O) groups excluding carboxylic acids is 1. The topological polar surface area (TPSA) is 81.9 Å². The van der Waals surface area contributed by atoms with Crippen molar-refractivity contribution in [1.82, 2.24) is 15.3 Å². The second-order valence-corrected chi connectivity index (χ2v) is 8.25. The van der Waals surface area contributed by atoms with Crippen LogP contribution in [0.25, 0.3) is 0 Å². The van der Waals surface area contributed by atoms with Crippen molar-refractivity contribution < 1.29 is 4.79 Å². The van der Waals surface area contributed by atoms with Crippen LogP contribution in [0.15, 0.2) is 30.6 Å². The maximum absolute atomic E-state index is 12.5. The van der Waals surface area contributed by atoms with Gasteiger partial charge in [0.25, 0.3) is 5.91 Å². The summed E-state index contributed by atoms with van der Waals surface area (Å²) >= 11 is 6.17. The van der Waals surface area contributed by atoms with Crippen molar-refractivity contribution in [3.05, 3.63) is 52.6 Å². The van der Waals surface area contributed by atoms with E-state index in [1.165, 1.54) is 0 Å². The lowest BCUT2D eigenvalue weighted by Gasteiger charge is -2.36. The fourth-order valence-corrected chi connectivity index (χ4v) is 3.86. The van der Waals surface area contributed by atoms with E-state index in [4.69, 9.17) is 16.9 Å². The summed E-state index contributed by atoms with van der Waals surface area (Å²) in [4.78, 5) is 23.2. The molecule has 1 heterocycles. The fraction of sp³-hybridized carbons (Fsp3) is 0.455. The van der Waals surface area contributed by atoms with Crippen LogP contribution in [0.1, 0.15) is 67.2 Å². The molecule has 7 heteroatoms. The molecule has 1 aromatic carbocycles. The van der Waals surface area contributed by atoms with Crippen LogP contribution >= 0.6 is 11.6 Å². The first-order valence-corrected chi connectivity index (χ1v) is 10.3. The summed E-state index contributed by atoms with van der Waals surface area (Å²) in [6, 6.07) is 8.13. The lowest BCUT2D eigenvalue weighted by Crippen LogP contribution is -2.43. The molecule has 6 nitrogen and oxygen atoms in total. The molecule has 29 heavy (non-hydrogen) atoms. The van der Waals surface area contributed by atoms with E-state index in [1.54, 1.807) is 18.5 Å². The average molecular weight is 412 g/mol. The Labute approximate surface area is 176 Å². The number of hydrogen-bond acceptors (Lipinski definition) is 5. The van der Waals surface area contributed by atoms with Gasteiger partial charge in [-0.1, -0.05) is 25.4 Å². The van der Waals surface area contributed by atoms with Gasteiger partial charge >= 0.3 is 0 Å². The third kappa shape index (κ3) is 5.04. The molecule has 0 unspecified atom stereocenters. The van der Waals surface area contributed by atoms with E-state index in [2.05, 4.69) is 26.3 Å². The zero-order valence-corrected chi connectivity index (χ0v) is 17.8. The number of hydrogen-bond donors (Lipinski definition) is 1. The number of halogens is 1. The molecule has 0 radical (unpaired) electrons. The first-order valence-electron chi connectivity index (χ1n) is 9.94. The van der Waals surface area contributed by atoms with E-state index >= 15 is 0 Å². The highest BCUT2D eigenvalue weighted by Gasteiger charge is 2.26. The van der Waals surface area contributed by atoms with Crippen molar-refractivity contribution in [1.29, 1.82) is 5.26 Å². The number of benzene rings is 1. The zero-order valence-electron chi connectivity index (χ0n) is 17.0. The Balaban J connectivity index is 1.54. The molecule has 2 aromatic rings. The zero-order chi connectivity index (χ0) is 21.0. The Hall–Kier alpha value is -2.65. The Morgan fingerprint density at radius 1 is 1.24 bits per heavy atom. The highest BCUT2D eigenvalue weighted by Crippen LogP contribution is 2.29. The number of amides is 1. The smallest absolute Gasteiger partial charge is 0.271 e. The van der Waals surface area contributed by atoms with Gasteiger partial charge in [0.2, 0.25) is 0 Å². The van der Waals surface area contributed by atoms with Gasteiger partial charge in [0, 0.05) is 31.0 Å². The van der Waals surface area contributed by atoms with Crippen molar-refractivity contribution in [3.63, 3.8) is 0 Å². The quantitative estimate of drug-likeness (QED) is 0.792. The Morgan fingerprint density at radius 3 is 2.52 bits per heavy atom. The number of nitrogens with one attached hydrogen (secondary N) is 1. The van der Waals surface area contributed by atoms with Gasteiger partial charge in [0.15, 0.2) is 0 Å². The van der Waals surface area contributed by atoms with Crippen LogP contribution in [-0.2, 0) is 0 Å². The molecular formula is C22H26ClN5O. The molecule has 1 aliphatic carbocycles. The first kappa shape index (κ1) is 21.1. The summed E-state index contributed by atoms with van der Waals surface area (Å²) in [5.41, 5.74) is 2.73. The van der Waals surface area contributed by atoms with Gasteiger partial charge in [-0.05, 0) is 49.8 Å². The van der Waals surface area contributed by atoms with Crippen LogP contribution in [-0.4, -0.2) is 35.0 Å². The van der Waals surface area contributed by atoms with E-state index in [0.717, 1.165) is 37.1 Å². The molecular weight excluding hydrogens is 386 g/mol. The lowest BCUT2D eigenvalue weighted by molar-refractivity contribution is 0.0920. The third-order valence-electron chi connectivity index (χ3n) is 5.56. The molecule has 0 saturated heterocycles. The number of rotatable bonds is 5. The van der Waals surface area contributed by atoms with Gasteiger partial charge in [-0.15, -0.1) is 0 Å². The largest absolute Gasteiger partial charge is 0.372 e. The van der Waals surface area contributed by atoms with Crippen LogP contribution in [0.3, 0.4) is 0 Å². The van der Waals surface area contributed by atoms with Gasteiger partial charge < -0.3 is 10.2 Å². The van der Waals surface area contributed by atoms with E-state index < -0.39 is 0 Å². The summed E-state index contributed by atoms with van der Waals surface area (Å²) in [7, 11) is 2.05. The second-order valence-electron chi connectivity index (χ2n) is 7.85. The minimum Gasteiger partial charge on any atom is -0.372 e. The number of carbonyl (C=O) groups is 1. The summed E-state index contributed by atoms with van der Waals surface area (Å²) in [5.74, 6) is 0.126. The normalized spacial score (nSPS) is 18.9. The average Bonchev–Trinajstić information content (AvgIpc) is 2.73. The van der Waals surface area contributed by atoms with Crippen molar-refractivity contribution >= 4 is 23.2 Å². The summed E-state index contributed by atoms with van der Waals surface area (Å²) in [6.45, 7) is 4.09. The predicted molar refractivity (Wildman–Crippen MR) is 114 cm³/mol. The first-order chi connectivity index (χ1) is 13.9. The maximum atomic E-state index is 12.5. The SMILES string of the molecule is CC(C)c1cnc(C(=O)NC2CCC(N(C)c3ccc(C#N)c(Cl)c3)CC2)cn1. The predicted octanol–water partition coefficient (Wildman–Crippen LogP) is 4.30. The Morgan fingerprint density at radius 2 is 1.97 bits per heavy atom. The minimum atomic E-state index is -0.163. The highest BCUT2D eigenvalue weighted by molar-refractivity contribution is 6.32. The fourth-order valence-electron chi connectivity index (χ4n) is 3.65. The molecule has 152 valence electrons. The van der Waals surface area contributed by atoms with Gasteiger partial charge in [0.05, 0.1) is 22.5 Å². The van der Waals surface area contributed by atoms with Crippen molar-refractivity contribution in [2.75, 3.05) is 11.9 Å². The molecule has 0 atom stereocenters. The van der Waals surface area contributed by atoms with E-state index in [9.17, 15) is 4.79 Å². The minimum absolute atomic E-state index is 0.142. The molecule has 3 rings (SSSR count). The van der Waals surface area contributed by atoms with Crippen LogP contribution in [0, 0.1) is 11.3 Å². The third-order valence-corrected chi connectivity index (χ3v) is 5.87. The lowest BCUT2D eigenvalue weighted by atomic mass is 9.90. The molecule has 1 N–H and O–H groups in total. The summed E-state index contributed by atoms with van der Waals surface area (Å²) < 4.78 is 0. The van der Waals surface area contributed by atoms with Gasteiger partial charge in [-0.2, -0.15) is 5.26 Å². The molecule has 0 bridgehead atoms.